The Morgan fingerprint density at radius 2 is 1.81 bits per heavy atom. The summed E-state index contributed by atoms with van der Waals surface area (Å²) in [6.45, 7) is 4.39. The molecule has 2 N–H and O–H groups in total. The van der Waals surface area contributed by atoms with Crippen LogP contribution in [0.1, 0.15) is 24.0 Å². The average molecular weight is 365 g/mol. The summed E-state index contributed by atoms with van der Waals surface area (Å²) in [6.07, 6.45) is 1.79. The van der Waals surface area contributed by atoms with Crippen LogP contribution in [0.4, 0.5) is 5.69 Å². The molecular formula is C22H27N3O2. The molecule has 0 aromatic heterocycles. The van der Waals surface area contributed by atoms with Gasteiger partial charge in [0.2, 0.25) is 11.8 Å². The number of likely N-dealkylation sites (tertiary alicyclic amines) is 1. The molecule has 1 aliphatic heterocycles. The molecule has 0 aliphatic carbocycles. The molecule has 2 amide bonds. The third kappa shape index (κ3) is 5.66. The summed E-state index contributed by atoms with van der Waals surface area (Å²) < 4.78 is 0. The zero-order chi connectivity index (χ0) is 19.1. The second kappa shape index (κ2) is 9.33. The van der Waals surface area contributed by atoms with Gasteiger partial charge in [-0.3, -0.25) is 14.5 Å². The van der Waals surface area contributed by atoms with E-state index in [1.165, 1.54) is 5.56 Å². The van der Waals surface area contributed by atoms with E-state index in [0.717, 1.165) is 30.6 Å². The van der Waals surface area contributed by atoms with E-state index < -0.39 is 0 Å². The van der Waals surface area contributed by atoms with Gasteiger partial charge in [-0.15, -0.1) is 0 Å². The Morgan fingerprint density at radius 3 is 2.59 bits per heavy atom. The predicted molar refractivity (Wildman–Crippen MR) is 107 cm³/mol. The number of amides is 2. The summed E-state index contributed by atoms with van der Waals surface area (Å²) in [7, 11) is 0. The van der Waals surface area contributed by atoms with Crippen LogP contribution in [0.3, 0.4) is 0 Å². The summed E-state index contributed by atoms with van der Waals surface area (Å²) in [4.78, 5) is 26.9. The lowest BCUT2D eigenvalue weighted by atomic mass is 9.97. The van der Waals surface area contributed by atoms with Crippen molar-refractivity contribution in [1.29, 1.82) is 0 Å². The molecule has 2 aromatic carbocycles. The third-order valence-corrected chi connectivity index (χ3v) is 5.02. The number of benzene rings is 2. The van der Waals surface area contributed by atoms with Gasteiger partial charge in [-0.2, -0.15) is 0 Å². The van der Waals surface area contributed by atoms with Crippen LogP contribution in [-0.2, 0) is 16.1 Å². The van der Waals surface area contributed by atoms with Gasteiger partial charge in [-0.1, -0.05) is 42.5 Å². The van der Waals surface area contributed by atoms with Crippen LogP contribution in [0, 0.1) is 12.8 Å². The van der Waals surface area contributed by atoms with E-state index in [1.807, 2.05) is 61.5 Å². The maximum absolute atomic E-state index is 12.5. The van der Waals surface area contributed by atoms with Crippen molar-refractivity contribution in [2.45, 2.75) is 26.3 Å². The van der Waals surface area contributed by atoms with Gasteiger partial charge in [0.05, 0.1) is 12.5 Å². The number of carbonyl (C=O) groups excluding carboxylic acids is 2. The minimum absolute atomic E-state index is 0.00219. The second-order valence-corrected chi connectivity index (χ2v) is 7.13. The van der Waals surface area contributed by atoms with E-state index in [1.54, 1.807) is 0 Å². The van der Waals surface area contributed by atoms with Gasteiger partial charge in [-0.25, -0.2) is 0 Å². The van der Waals surface area contributed by atoms with Crippen molar-refractivity contribution in [3.05, 3.63) is 65.7 Å². The van der Waals surface area contributed by atoms with Crippen molar-refractivity contribution in [2.75, 3.05) is 25.0 Å². The number of carbonyl (C=O) groups is 2. The standard InChI is InChI=1S/C22H27N3O2/c1-17-8-5-6-9-18(17)14-23-21(26)16-25-13-7-10-19(15-25)22(27)24-20-11-3-2-4-12-20/h2-6,8-9,11-12,19H,7,10,13-16H2,1H3,(H,23,26)(H,24,27)/t19-/m0/s1. The molecule has 0 bridgehead atoms. The lowest BCUT2D eigenvalue weighted by Crippen LogP contribution is -2.45. The Morgan fingerprint density at radius 1 is 1.07 bits per heavy atom. The molecule has 2 aromatic rings. The van der Waals surface area contributed by atoms with E-state index in [9.17, 15) is 9.59 Å². The molecule has 1 atom stereocenters. The monoisotopic (exact) mass is 365 g/mol. The molecule has 5 nitrogen and oxygen atoms in total. The number of nitrogens with one attached hydrogen (secondary N) is 2. The zero-order valence-electron chi connectivity index (χ0n) is 15.8. The summed E-state index contributed by atoms with van der Waals surface area (Å²) in [5.74, 6) is -0.0447. The molecule has 1 heterocycles. The first-order chi connectivity index (χ1) is 13.1. The molecule has 0 radical (unpaired) electrons. The molecule has 0 spiro atoms. The summed E-state index contributed by atoms with van der Waals surface area (Å²) >= 11 is 0. The van der Waals surface area contributed by atoms with Crippen LogP contribution < -0.4 is 10.6 Å². The molecule has 1 fully saturated rings. The maximum atomic E-state index is 12.5. The van der Waals surface area contributed by atoms with Crippen LogP contribution in [0.25, 0.3) is 0 Å². The van der Waals surface area contributed by atoms with Crippen molar-refractivity contribution in [1.82, 2.24) is 10.2 Å². The van der Waals surface area contributed by atoms with Crippen LogP contribution >= 0.6 is 0 Å². The quantitative estimate of drug-likeness (QED) is 0.827. The highest BCUT2D eigenvalue weighted by Gasteiger charge is 2.26. The SMILES string of the molecule is Cc1ccccc1CNC(=O)CN1CCC[C@H](C(=O)Nc2ccccc2)C1. The first-order valence-electron chi connectivity index (χ1n) is 9.51. The van der Waals surface area contributed by atoms with E-state index in [0.29, 0.717) is 19.6 Å². The van der Waals surface area contributed by atoms with E-state index in [4.69, 9.17) is 0 Å². The van der Waals surface area contributed by atoms with Gasteiger partial charge in [0.1, 0.15) is 0 Å². The van der Waals surface area contributed by atoms with Crippen molar-refractivity contribution in [2.24, 2.45) is 5.92 Å². The Kier molecular flexibility index (Phi) is 6.60. The summed E-state index contributed by atoms with van der Waals surface area (Å²) in [5.41, 5.74) is 3.12. The lowest BCUT2D eigenvalue weighted by molar-refractivity contribution is -0.125. The van der Waals surface area contributed by atoms with Crippen molar-refractivity contribution < 1.29 is 9.59 Å². The van der Waals surface area contributed by atoms with Crippen LogP contribution in [0.2, 0.25) is 0 Å². The first kappa shape index (κ1) is 19.1. The molecule has 0 saturated carbocycles. The number of piperidine rings is 1. The highest BCUT2D eigenvalue weighted by atomic mass is 16.2. The van der Waals surface area contributed by atoms with E-state index >= 15 is 0 Å². The molecule has 5 heteroatoms. The average Bonchev–Trinajstić information content (AvgIpc) is 2.68. The molecule has 0 unspecified atom stereocenters. The molecule has 142 valence electrons. The van der Waals surface area contributed by atoms with Gasteiger partial charge < -0.3 is 10.6 Å². The molecule has 3 rings (SSSR count). The molecule has 27 heavy (non-hydrogen) atoms. The Labute approximate surface area is 160 Å². The van der Waals surface area contributed by atoms with Crippen LogP contribution in [-0.4, -0.2) is 36.3 Å². The smallest absolute Gasteiger partial charge is 0.234 e. The van der Waals surface area contributed by atoms with E-state index in [2.05, 4.69) is 15.5 Å². The highest BCUT2D eigenvalue weighted by molar-refractivity contribution is 5.92. The number of rotatable bonds is 6. The fourth-order valence-electron chi connectivity index (χ4n) is 3.44. The molecular weight excluding hydrogens is 338 g/mol. The van der Waals surface area contributed by atoms with Gasteiger partial charge in [0.25, 0.3) is 0 Å². The van der Waals surface area contributed by atoms with Gasteiger partial charge in [-0.05, 0) is 49.6 Å². The third-order valence-electron chi connectivity index (χ3n) is 5.02. The first-order valence-corrected chi connectivity index (χ1v) is 9.51. The number of nitrogens with zero attached hydrogens (tertiary/aromatic N) is 1. The summed E-state index contributed by atoms with van der Waals surface area (Å²) in [5, 5.41) is 5.96. The van der Waals surface area contributed by atoms with Crippen molar-refractivity contribution in [3.8, 4) is 0 Å². The van der Waals surface area contributed by atoms with Crippen molar-refractivity contribution >= 4 is 17.5 Å². The minimum Gasteiger partial charge on any atom is -0.351 e. The number of aryl methyl sites for hydroxylation is 1. The number of anilines is 1. The lowest BCUT2D eigenvalue weighted by Gasteiger charge is -2.31. The highest BCUT2D eigenvalue weighted by Crippen LogP contribution is 2.18. The summed E-state index contributed by atoms with van der Waals surface area (Å²) in [6, 6.07) is 17.6. The number of para-hydroxylation sites is 1. The fraction of sp³-hybridized carbons (Fsp3) is 0.364. The van der Waals surface area contributed by atoms with Gasteiger partial charge >= 0.3 is 0 Å². The zero-order valence-corrected chi connectivity index (χ0v) is 15.8. The maximum Gasteiger partial charge on any atom is 0.234 e. The normalized spacial score (nSPS) is 17.3. The van der Waals surface area contributed by atoms with Crippen molar-refractivity contribution in [3.63, 3.8) is 0 Å². The fourth-order valence-corrected chi connectivity index (χ4v) is 3.44. The largest absolute Gasteiger partial charge is 0.351 e. The van der Waals surface area contributed by atoms with E-state index in [-0.39, 0.29) is 17.7 Å². The van der Waals surface area contributed by atoms with Crippen LogP contribution in [0.15, 0.2) is 54.6 Å². The molecule has 1 aliphatic rings. The Balaban J connectivity index is 1.47. The Bertz CT molecular complexity index is 776. The second-order valence-electron chi connectivity index (χ2n) is 7.13. The number of hydrogen-bond acceptors (Lipinski definition) is 3. The number of hydrogen-bond donors (Lipinski definition) is 2. The Hall–Kier alpha value is -2.66. The topological polar surface area (TPSA) is 61.4 Å². The minimum atomic E-state index is -0.0804. The predicted octanol–water partition coefficient (Wildman–Crippen LogP) is 2.96. The van der Waals surface area contributed by atoms with Gasteiger partial charge in [0.15, 0.2) is 0 Å². The van der Waals surface area contributed by atoms with Crippen LogP contribution in [0.5, 0.6) is 0 Å². The van der Waals surface area contributed by atoms with Gasteiger partial charge in [0, 0.05) is 18.8 Å². The molecule has 1 saturated heterocycles.